The van der Waals surface area contributed by atoms with Gasteiger partial charge in [-0.05, 0) is 13.3 Å². The van der Waals surface area contributed by atoms with E-state index in [1.165, 1.54) is 0 Å². The first kappa shape index (κ1) is 7.96. The van der Waals surface area contributed by atoms with Crippen LogP contribution in [0.1, 0.15) is 19.8 Å². The van der Waals surface area contributed by atoms with Crippen molar-refractivity contribution in [3.05, 3.63) is 5.92 Å². The van der Waals surface area contributed by atoms with Crippen LogP contribution in [0.4, 0.5) is 0 Å². The van der Waals surface area contributed by atoms with Crippen LogP contribution < -0.4 is 0 Å². The molecule has 0 aromatic rings. The standard InChI is InChI=1S/C6H8NO2/c1-5(4-7)2-3-6(8)9/h2-3H2,1H3,(H,8,9). The fourth-order valence-electron chi connectivity index (χ4n) is 0.350. The summed E-state index contributed by atoms with van der Waals surface area (Å²) in [7, 11) is 0. The second-order valence-corrected chi connectivity index (χ2v) is 1.79. The van der Waals surface area contributed by atoms with Crippen molar-refractivity contribution in [1.29, 1.82) is 5.26 Å². The highest BCUT2D eigenvalue weighted by Gasteiger charge is 2.02. The third-order valence-electron chi connectivity index (χ3n) is 0.905. The lowest BCUT2D eigenvalue weighted by atomic mass is 10.1. The summed E-state index contributed by atoms with van der Waals surface area (Å²) in [5, 5.41) is 16.3. The van der Waals surface area contributed by atoms with Gasteiger partial charge in [0.2, 0.25) is 0 Å². The number of rotatable bonds is 3. The summed E-state index contributed by atoms with van der Waals surface area (Å²) in [6.45, 7) is 1.63. The van der Waals surface area contributed by atoms with Crippen molar-refractivity contribution in [1.82, 2.24) is 0 Å². The van der Waals surface area contributed by atoms with Crippen molar-refractivity contribution in [3.63, 3.8) is 0 Å². The van der Waals surface area contributed by atoms with Crippen LogP contribution in [0, 0.1) is 17.2 Å². The largest absolute Gasteiger partial charge is 0.481 e. The maximum absolute atomic E-state index is 9.90. The lowest BCUT2D eigenvalue weighted by Gasteiger charge is -1.94. The van der Waals surface area contributed by atoms with Crippen molar-refractivity contribution in [2.75, 3.05) is 0 Å². The summed E-state index contributed by atoms with van der Waals surface area (Å²) in [6, 6.07) is 1.87. The van der Waals surface area contributed by atoms with E-state index in [1.807, 2.05) is 6.07 Å². The molecule has 3 nitrogen and oxygen atoms in total. The van der Waals surface area contributed by atoms with Crippen molar-refractivity contribution >= 4 is 5.97 Å². The van der Waals surface area contributed by atoms with Crippen molar-refractivity contribution in [2.24, 2.45) is 0 Å². The van der Waals surface area contributed by atoms with E-state index in [-0.39, 0.29) is 6.42 Å². The maximum atomic E-state index is 9.90. The molecule has 0 rings (SSSR count). The summed E-state index contributed by atoms with van der Waals surface area (Å²) in [4.78, 5) is 9.90. The first-order valence-electron chi connectivity index (χ1n) is 2.61. The Morgan fingerprint density at radius 3 is 2.56 bits per heavy atom. The van der Waals surface area contributed by atoms with Gasteiger partial charge in [0.25, 0.3) is 0 Å². The van der Waals surface area contributed by atoms with Gasteiger partial charge in [-0.15, -0.1) is 0 Å². The molecule has 1 radical (unpaired) electrons. The minimum absolute atomic E-state index is 0.0550. The van der Waals surface area contributed by atoms with Crippen LogP contribution in [0.25, 0.3) is 0 Å². The monoisotopic (exact) mass is 126 g/mol. The first-order valence-corrected chi connectivity index (χ1v) is 2.61. The van der Waals surface area contributed by atoms with Crippen LogP contribution in [-0.4, -0.2) is 11.1 Å². The SMILES string of the molecule is C[C](C#N)CCC(=O)O. The van der Waals surface area contributed by atoms with Crippen molar-refractivity contribution in [3.8, 4) is 6.07 Å². The van der Waals surface area contributed by atoms with Crippen LogP contribution in [-0.2, 0) is 4.79 Å². The van der Waals surface area contributed by atoms with Gasteiger partial charge in [-0.1, -0.05) is 0 Å². The van der Waals surface area contributed by atoms with Crippen LogP contribution in [0.15, 0.2) is 0 Å². The fraction of sp³-hybridized carbons (Fsp3) is 0.500. The predicted molar refractivity (Wildman–Crippen MR) is 31.4 cm³/mol. The van der Waals surface area contributed by atoms with Crippen LogP contribution in [0.3, 0.4) is 0 Å². The Labute approximate surface area is 53.9 Å². The van der Waals surface area contributed by atoms with Crippen molar-refractivity contribution in [2.45, 2.75) is 19.8 Å². The lowest BCUT2D eigenvalue weighted by Crippen LogP contribution is -1.97. The lowest BCUT2D eigenvalue weighted by molar-refractivity contribution is -0.137. The Hall–Kier alpha value is -1.04. The number of aliphatic carboxylic acids is 1. The van der Waals surface area contributed by atoms with E-state index in [0.717, 1.165) is 0 Å². The highest BCUT2D eigenvalue weighted by Crippen LogP contribution is 2.04. The molecule has 0 saturated heterocycles. The molecule has 9 heavy (non-hydrogen) atoms. The third kappa shape index (κ3) is 4.82. The van der Waals surface area contributed by atoms with Gasteiger partial charge in [0.15, 0.2) is 0 Å². The minimum Gasteiger partial charge on any atom is -0.481 e. The van der Waals surface area contributed by atoms with E-state index in [2.05, 4.69) is 0 Å². The predicted octanol–water partition coefficient (Wildman–Crippen LogP) is 0.969. The molecule has 0 fully saturated rings. The number of nitrogens with zero attached hydrogens (tertiary/aromatic N) is 1. The van der Waals surface area contributed by atoms with Gasteiger partial charge in [-0.2, -0.15) is 5.26 Å². The second-order valence-electron chi connectivity index (χ2n) is 1.79. The summed E-state index contributed by atoms with van der Waals surface area (Å²) in [5.41, 5.74) is 0. The Balaban J connectivity index is 3.30. The molecule has 0 aromatic carbocycles. The summed E-state index contributed by atoms with van der Waals surface area (Å²) < 4.78 is 0. The van der Waals surface area contributed by atoms with E-state index in [4.69, 9.17) is 10.4 Å². The minimum atomic E-state index is -0.857. The number of carbonyl (C=O) groups is 1. The van der Waals surface area contributed by atoms with Gasteiger partial charge in [0.05, 0.1) is 12.0 Å². The topological polar surface area (TPSA) is 61.1 Å². The number of carboxylic acid groups (broad SMARTS) is 1. The van der Waals surface area contributed by atoms with Gasteiger partial charge < -0.3 is 5.11 Å². The zero-order chi connectivity index (χ0) is 7.28. The van der Waals surface area contributed by atoms with Gasteiger partial charge in [0, 0.05) is 6.42 Å². The zero-order valence-corrected chi connectivity index (χ0v) is 5.22. The Morgan fingerprint density at radius 2 is 2.22 bits per heavy atom. The van der Waals surface area contributed by atoms with E-state index >= 15 is 0 Å². The molecule has 0 bridgehead atoms. The van der Waals surface area contributed by atoms with E-state index in [9.17, 15) is 4.79 Å². The average Bonchev–Trinajstić information content (AvgIpc) is 1.83. The number of hydrogen-bond donors (Lipinski definition) is 1. The molecule has 0 amide bonds. The third-order valence-corrected chi connectivity index (χ3v) is 0.905. The van der Waals surface area contributed by atoms with Crippen LogP contribution in [0.5, 0.6) is 0 Å². The molecule has 0 heterocycles. The molecule has 0 aliphatic heterocycles. The molecule has 3 heteroatoms. The molecule has 0 aliphatic carbocycles. The molecule has 0 aromatic heterocycles. The van der Waals surface area contributed by atoms with E-state index < -0.39 is 5.97 Å². The number of nitriles is 1. The van der Waals surface area contributed by atoms with E-state index in [1.54, 1.807) is 6.92 Å². The number of hydrogen-bond acceptors (Lipinski definition) is 2. The van der Waals surface area contributed by atoms with Crippen molar-refractivity contribution < 1.29 is 9.90 Å². The Kier molecular flexibility index (Phi) is 3.45. The molecule has 0 unspecified atom stereocenters. The average molecular weight is 126 g/mol. The summed E-state index contributed by atoms with van der Waals surface area (Å²) >= 11 is 0. The maximum Gasteiger partial charge on any atom is 0.303 e. The fourth-order valence-corrected chi connectivity index (χ4v) is 0.350. The molecular weight excluding hydrogens is 118 g/mol. The molecule has 0 atom stereocenters. The Bertz CT molecular complexity index is 136. The Morgan fingerprint density at radius 1 is 1.67 bits per heavy atom. The number of carboxylic acids is 1. The van der Waals surface area contributed by atoms with Gasteiger partial charge in [-0.25, -0.2) is 0 Å². The normalized spacial score (nSPS) is 9.00. The van der Waals surface area contributed by atoms with Gasteiger partial charge in [0.1, 0.15) is 0 Å². The molecule has 49 valence electrons. The summed E-state index contributed by atoms with van der Waals surface area (Å²) in [5.74, 6) is -0.290. The molecule has 0 spiro atoms. The molecule has 1 N–H and O–H groups in total. The smallest absolute Gasteiger partial charge is 0.303 e. The zero-order valence-electron chi connectivity index (χ0n) is 5.22. The first-order chi connectivity index (χ1) is 4.16. The van der Waals surface area contributed by atoms with Crippen LogP contribution in [0.2, 0.25) is 0 Å². The molecular formula is C6H8NO2. The van der Waals surface area contributed by atoms with E-state index in [0.29, 0.717) is 12.3 Å². The molecule has 0 saturated carbocycles. The summed E-state index contributed by atoms with van der Waals surface area (Å²) in [6.07, 6.45) is 0.422. The second kappa shape index (κ2) is 3.90. The van der Waals surface area contributed by atoms with Crippen LogP contribution >= 0.6 is 0 Å². The highest BCUT2D eigenvalue weighted by atomic mass is 16.4. The van der Waals surface area contributed by atoms with Gasteiger partial charge >= 0.3 is 5.97 Å². The quantitative estimate of drug-likeness (QED) is 0.612. The highest BCUT2D eigenvalue weighted by molar-refractivity contribution is 5.67. The molecule has 0 aliphatic rings. The van der Waals surface area contributed by atoms with Gasteiger partial charge in [-0.3, -0.25) is 4.79 Å².